The van der Waals surface area contributed by atoms with E-state index in [1.54, 1.807) is 24.5 Å². The van der Waals surface area contributed by atoms with Gasteiger partial charge in [0.05, 0.1) is 29.4 Å². The lowest BCUT2D eigenvalue weighted by molar-refractivity contribution is -0.140. The van der Waals surface area contributed by atoms with E-state index in [0.717, 1.165) is 27.8 Å². The van der Waals surface area contributed by atoms with Crippen molar-refractivity contribution in [1.29, 1.82) is 0 Å². The Bertz CT molecular complexity index is 1600. The molecule has 0 unspecified atom stereocenters. The maximum absolute atomic E-state index is 14.2. The van der Waals surface area contributed by atoms with Crippen molar-refractivity contribution in [2.75, 3.05) is 0 Å². The number of carbonyl (C=O) groups is 3. The first kappa shape index (κ1) is 23.2. The van der Waals surface area contributed by atoms with Crippen LogP contribution in [0.1, 0.15) is 44.1 Å². The first-order valence-electron chi connectivity index (χ1n) is 12.9. The number of nitrogens with one attached hydrogen (secondary N) is 1. The molecule has 4 aliphatic rings. The summed E-state index contributed by atoms with van der Waals surface area (Å²) in [6, 6.07) is 28.8. The number of rotatable bonds is 5. The maximum Gasteiger partial charge on any atom is 0.272 e. The summed E-state index contributed by atoms with van der Waals surface area (Å²) in [5.41, 5.74) is 6.79. The van der Waals surface area contributed by atoms with E-state index in [2.05, 4.69) is 15.5 Å². The van der Waals surface area contributed by atoms with Crippen LogP contribution in [0.4, 0.5) is 0 Å². The third-order valence-electron chi connectivity index (χ3n) is 8.32. The summed E-state index contributed by atoms with van der Waals surface area (Å²) in [5, 5.41) is 4.43. The molecule has 2 bridgehead atoms. The molecule has 0 saturated carbocycles. The van der Waals surface area contributed by atoms with Crippen LogP contribution < -0.4 is 5.43 Å². The number of aromatic nitrogens is 1. The van der Waals surface area contributed by atoms with Crippen molar-refractivity contribution >= 4 is 23.9 Å². The molecule has 1 aliphatic heterocycles. The van der Waals surface area contributed by atoms with Crippen LogP contribution in [-0.2, 0) is 21.5 Å². The summed E-state index contributed by atoms with van der Waals surface area (Å²) in [6.45, 7) is 0.218. The molecule has 3 aromatic carbocycles. The van der Waals surface area contributed by atoms with E-state index in [-0.39, 0.29) is 24.3 Å². The second-order valence-corrected chi connectivity index (χ2v) is 10.2. The molecule has 1 fully saturated rings. The van der Waals surface area contributed by atoms with Gasteiger partial charge in [0.2, 0.25) is 11.8 Å². The number of amides is 3. The highest BCUT2D eigenvalue weighted by Crippen LogP contribution is 2.63. The second-order valence-electron chi connectivity index (χ2n) is 10.2. The van der Waals surface area contributed by atoms with E-state index in [1.807, 2.05) is 78.9 Å². The van der Waals surface area contributed by atoms with Gasteiger partial charge in [-0.2, -0.15) is 5.10 Å². The van der Waals surface area contributed by atoms with E-state index in [4.69, 9.17) is 0 Å². The molecule has 1 saturated heterocycles. The molecule has 8 rings (SSSR count). The Labute approximate surface area is 225 Å². The Hall–Kier alpha value is -4.91. The van der Waals surface area contributed by atoms with Crippen LogP contribution in [-0.4, -0.2) is 33.8 Å². The predicted octanol–water partition coefficient (Wildman–Crippen LogP) is 4.04. The minimum absolute atomic E-state index is 0.167. The van der Waals surface area contributed by atoms with Gasteiger partial charge in [-0.15, -0.1) is 0 Å². The Morgan fingerprint density at radius 1 is 0.872 bits per heavy atom. The Kier molecular flexibility index (Phi) is 5.26. The van der Waals surface area contributed by atoms with Gasteiger partial charge in [-0.3, -0.25) is 24.3 Å². The zero-order valence-corrected chi connectivity index (χ0v) is 20.9. The summed E-state index contributed by atoms with van der Waals surface area (Å²) >= 11 is 0. The molecular formula is C32H24N4O3. The zero-order valence-electron chi connectivity index (χ0n) is 20.9. The molecule has 190 valence electrons. The first-order chi connectivity index (χ1) is 19.1. The van der Waals surface area contributed by atoms with Crippen molar-refractivity contribution < 1.29 is 14.4 Å². The van der Waals surface area contributed by atoms with Crippen molar-refractivity contribution in [3.63, 3.8) is 0 Å². The molecule has 0 spiro atoms. The van der Waals surface area contributed by atoms with Crippen LogP contribution in [0.3, 0.4) is 0 Å². The van der Waals surface area contributed by atoms with E-state index in [0.29, 0.717) is 5.56 Å². The lowest BCUT2D eigenvalue weighted by Gasteiger charge is -2.52. The summed E-state index contributed by atoms with van der Waals surface area (Å²) in [6.07, 6.45) is 4.73. The fourth-order valence-corrected chi connectivity index (χ4v) is 6.79. The smallest absolute Gasteiger partial charge is 0.272 e. The van der Waals surface area contributed by atoms with E-state index < -0.39 is 23.2 Å². The normalized spacial score (nSPS) is 24.4. The van der Waals surface area contributed by atoms with Crippen molar-refractivity contribution in [2.45, 2.75) is 17.9 Å². The third-order valence-corrected chi connectivity index (χ3v) is 8.32. The Morgan fingerprint density at radius 2 is 1.54 bits per heavy atom. The largest absolute Gasteiger partial charge is 0.278 e. The van der Waals surface area contributed by atoms with E-state index >= 15 is 0 Å². The van der Waals surface area contributed by atoms with Gasteiger partial charge in [0.1, 0.15) is 0 Å². The van der Waals surface area contributed by atoms with Gasteiger partial charge in [0, 0.05) is 24.5 Å². The SMILES string of the molecule is O=C(N/N=C\C12c3ccccc3C(c3ccccc31)[C@@H]1C(=O)N(Cc3ccccc3)C(=O)[C@H]12)c1cccnc1. The molecule has 3 aliphatic carbocycles. The number of hydrogen-bond acceptors (Lipinski definition) is 5. The average Bonchev–Trinajstić information content (AvgIpc) is 3.24. The van der Waals surface area contributed by atoms with Crippen LogP contribution in [0.15, 0.2) is 108 Å². The van der Waals surface area contributed by atoms with Crippen LogP contribution in [0.2, 0.25) is 0 Å². The number of likely N-dealkylation sites (tertiary alicyclic amines) is 1. The van der Waals surface area contributed by atoms with Crippen LogP contribution in [0, 0.1) is 11.8 Å². The second kappa shape index (κ2) is 8.84. The molecule has 0 radical (unpaired) electrons. The highest BCUT2D eigenvalue weighted by atomic mass is 16.2. The Balaban J connectivity index is 1.38. The number of nitrogens with zero attached hydrogens (tertiary/aromatic N) is 3. The maximum atomic E-state index is 14.2. The minimum Gasteiger partial charge on any atom is -0.278 e. The summed E-state index contributed by atoms with van der Waals surface area (Å²) in [7, 11) is 0. The fourth-order valence-electron chi connectivity index (χ4n) is 6.79. The Morgan fingerprint density at radius 3 is 2.21 bits per heavy atom. The summed E-state index contributed by atoms with van der Waals surface area (Å²) in [5.74, 6) is -2.26. The topological polar surface area (TPSA) is 91.7 Å². The van der Waals surface area contributed by atoms with Crippen molar-refractivity contribution in [2.24, 2.45) is 16.9 Å². The van der Waals surface area contributed by atoms with Crippen molar-refractivity contribution in [1.82, 2.24) is 15.3 Å². The molecule has 2 atom stereocenters. The number of pyridine rings is 1. The highest BCUT2D eigenvalue weighted by Gasteiger charge is 2.67. The number of carbonyl (C=O) groups excluding carboxylic acids is 3. The van der Waals surface area contributed by atoms with Gasteiger partial charge in [-0.1, -0.05) is 78.9 Å². The monoisotopic (exact) mass is 512 g/mol. The van der Waals surface area contributed by atoms with Crippen molar-refractivity contribution in [3.8, 4) is 0 Å². The van der Waals surface area contributed by atoms with E-state index in [9.17, 15) is 14.4 Å². The van der Waals surface area contributed by atoms with Crippen LogP contribution in [0.25, 0.3) is 0 Å². The number of imide groups is 1. The number of hydrogen-bond donors (Lipinski definition) is 1. The molecule has 7 nitrogen and oxygen atoms in total. The van der Waals surface area contributed by atoms with Gasteiger partial charge < -0.3 is 0 Å². The number of hydrazone groups is 1. The minimum atomic E-state index is -1.02. The quantitative estimate of drug-likeness (QED) is 0.248. The van der Waals surface area contributed by atoms with Crippen LogP contribution in [0.5, 0.6) is 0 Å². The molecular weight excluding hydrogens is 488 g/mol. The van der Waals surface area contributed by atoms with Crippen molar-refractivity contribution in [3.05, 3.63) is 137 Å². The van der Waals surface area contributed by atoms with Gasteiger partial charge in [-0.05, 0) is 39.9 Å². The summed E-state index contributed by atoms with van der Waals surface area (Å²) in [4.78, 5) is 46.5. The standard InChI is InChI=1S/C32H24N4O3/c37-29(21-11-8-16-33-17-21)35-34-19-32-24-14-6-4-12-22(24)26(23-13-5-7-15-25(23)32)27-28(32)31(39)36(30(27)38)18-20-9-2-1-3-10-20/h1-17,19,26-28H,18H2,(H,35,37)/b34-19-/t26?,27-,28-,32?/m0/s1. The average molecular weight is 513 g/mol. The molecule has 7 heteroatoms. The zero-order chi connectivity index (χ0) is 26.6. The fraction of sp³-hybridized carbons (Fsp3) is 0.156. The molecule has 1 aromatic heterocycles. The van der Waals surface area contributed by atoms with Gasteiger partial charge in [0.15, 0.2) is 0 Å². The lowest BCUT2D eigenvalue weighted by atomic mass is 9.47. The molecule has 2 heterocycles. The predicted molar refractivity (Wildman–Crippen MR) is 145 cm³/mol. The third kappa shape index (κ3) is 3.32. The summed E-state index contributed by atoms with van der Waals surface area (Å²) < 4.78 is 0. The lowest BCUT2D eigenvalue weighted by Crippen LogP contribution is -2.54. The molecule has 39 heavy (non-hydrogen) atoms. The van der Waals surface area contributed by atoms with Gasteiger partial charge >= 0.3 is 0 Å². The molecule has 4 aromatic rings. The highest BCUT2D eigenvalue weighted by molar-refractivity contribution is 6.11. The van der Waals surface area contributed by atoms with E-state index in [1.165, 1.54) is 11.1 Å². The number of benzene rings is 3. The molecule has 1 N–H and O–H groups in total. The molecule has 3 amide bonds. The first-order valence-corrected chi connectivity index (χ1v) is 12.9. The van der Waals surface area contributed by atoms with Gasteiger partial charge in [-0.25, -0.2) is 5.43 Å². The van der Waals surface area contributed by atoms with Gasteiger partial charge in [0.25, 0.3) is 5.91 Å². The van der Waals surface area contributed by atoms with Crippen LogP contribution >= 0.6 is 0 Å².